The molecule has 0 aliphatic carbocycles. The zero-order valence-electron chi connectivity index (χ0n) is 22.3. The Morgan fingerprint density at radius 3 is 2.67 bits per heavy atom. The van der Waals surface area contributed by atoms with E-state index in [1.54, 1.807) is 24.4 Å². The van der Waals surface area contributed by atoms with Crippen molar-refractivity contribution in [3.8, 4) is 22.9 Å². The summed E-state index contributed by atoms with van der Waals surface area (Å²) in [6.07, 6.45) is 6.17. The van der Waals surface area contributed by atoms with Crippen LogP contribution >= 0.6 is 0 Å². The Labute approximate surface area is 227 Å². The van der Waals surface area contributed by atoms with Crippen molar-refractivity contribution in [2.24, 2.45) is 5.41 Å². The maximum Gasteiger partial charge on any atom is 0.232 e. The second-order valence-electron chi connectivity index (χ2n) is 10.7. The van der Waals surface area contributed by atoms with Gasteiger partial charge in [0.05, 0.1) is 22.7 Å². The first kappa shape index (κ1) is 28.6. The fourth-order valence-corrected chi connectivity index (χ4v) is 5.33. The minimum absolute atomic E-state index is 0.00953. The zero-order chi connectivity index (χ0) is 28.0. The molecule has 0 bridgehead atoms. The molecule has 39 heavy (non-hydrogen) atoms. The van der Waals surface area contributed by atoms with Crippen LogP contribution in [0.4, 0.5) is 20.4 Å². The first-order chi connectivity index (χ1) is 18.5. The number of rotatable bonds is 10. The van der Waals surface area contributed by atoms with Crippen LogP contribution in [0.15, 0.2) is 42.7 Å². The van der Waals surface area contributed by atoms with E-state index in [0.717, 1.165) is 38.1 Å². The molecule has 0 amide bonds. The molecule has 4 rings (SSSR count). The molecule has 3 heterocycles. The number of hydrogen-bond donors (Lipinski definition) is 3. The number of ether oxygens (including phenoxy) is 1. The summed E-state index contributed by atoms with van der Waals surface area (Å²) in [5, 5.41) is 6.64. The number of hydrogen-bond acceptors (Lipinski definition) is 8. The highest BCUT2D eigenvalue weighted by molar-refractivity contribution is 7.92. The summed E-state index contributed by atoms with van der Waals surface area (Å²) in [6.45, 7) is 7.80. The van der Waals surface area contributed by atoms with Crippen LogP contribution in [-0.2, 0) is 10.0 Å². The first-order valence-electron chi connectivity index (χ1n) is 12.9. The van der Waals surface area contributed by atoms with Crippen molar-refractivity contribution in [3.63, 3.8) is 0 Å². The second kappa shape index (κ2) is 12.2. The molecule has 1 atom stereocenters. The number of sulfonamides is 1. The lowest BCUT2D eigenvalue weighted by Crippen LogP contribution is -2.38. The predicted octanol–water partition coefficient (Wildman–Crippen LogP) is 5.34. The summed E-state index contributed by atoms with van der Waals surface area (Å²) >= 11 is 0. The van der Waals surface area contributed by atoms with E-state index >= 15 is 0 Å². The van der Waals surface area contributed by atoms with Gasteiger partial charge in [0.25, 0.3) is 0 Å². The zero-order valence-corrected chi connectivity index (χ0v) is 23.1. The third kappa shape index (κ3) is 8.06. The van der Waals surface area contributed by atoms with E-state index in [1.807, 2.05) is 20.8 Å². The van der Waals surface area contributed by atoms with Crippen molar-refractivity contribution in [1.82, 2.24) is 20.3 Å². The Morgan fingerprint density at radius 1 is 1.10 bits per heavy atom. The van der Waals surface area contributed by atoms with Crippen LogP contribution in [-0.4, -0.2) is 48.3 Å². The highest BCUT2D eigenvalue weighted by atomic mass is 32.2. The van der Waals surface area contributed by atoms with Gasteiger partial charge in [-0.3, -0.25) is 4.72 Å². The molecule has 1 saturated heterocycles. The van der Waals surface area contributed by atoms with Crippen molar-refractivity contribution in [2.75, 3.05) is 28.9 Å². The van der Waals surface area contributed by atoms with Gasteiger partial charge in [0.15, 0.2) is 11.6 Å². The molecule has 9 nitrogen and oxygen atoms in total. The molecule has 3 aromatic rings. The number of nitrogens with one attached hydrogen (secondary N) is 3. The lowest BCUT2D eigenvalue weighted by Gasteiger charge is -2.23. The molecule has 0 spiro atoms. The SMILES string of the molecule is CC(C)(C)CCCS(=O)(=O)Nc1ccc(Oc2ncccc2-c2ccnc(NC3CCCNC3)n2)c(F)c1F. The number of pyridine rings is 1. The number of aromatic nitrogens is 3. The van der Waals surface area contributed by atoms with Crippen molar-refractivity contribution in [3.05, 3.63) is 54.4 Å². The van der Waals surface area contributed by atoms with Gasteiger partial charge in [0.1, 0.15) is 0 Å². The predicted molar refractivity (Wildman–Crippen MR) is 147 cm³/mol. The van der Waals surface area contributed by atoms with Crippen molar-refractivity contribution >= 4 is 21.7 Å². The molecule has 1 aliphatic heterocycles. The standard InChI is InChI=1S/C27H34F2N6O3S/c1-27(2,3)12-6-16-39(36,37)35-21-9-10-22(24(29)23(21)28)38-25-19(8-5-14-31-25)20-11-15-32-26(34-20)33-18-7-4-13-30-17-18/h5,8-11,14-15,18,30,35H,4,6-7,12-13,16-17H2,1-3H3,(H,32,33,34). The molecule has 3 N–H and O–H groups in total. The third-order valence-corrected chi connectivity index (χ3v) is 7.55. The van der Waals surface area contributed by atoms with Crippen LogP contribution in [0.2, 0.25) is 0 Å². The van der Waals surface area contributed by atoms with E-state index in [0.29, 0.717) is 30.0 Å². The summed E-state index contributed by atoms with van der Waals surface area (Å²) in [6, 6.07) is 7.53. The normalized spacial score (nSPS) is 16.1. The van der Waals surface area contributed by atoms with Gasteiger partial charge in [0, 0.05) is 25.0 Å². The number of piperidine rings is 1. The molecule has 0 radical (unpaired) electrons. The van der Waals surface area contributed by atoms with E-state index in [2.05, 4.69) is 30.3 Å². The molecule has 1 unspecified atom stereocenters. The molecule has 1 fully saturated rings. The molecule has 12 heteroatoms. The third-order valence-electron chi connectivity index (χ3n) is 6.19. The monoisotopic (exact) mass is 560 g/mol. The quantitative estimate of drug-likeness (QED) is 0.304. The summed E-state index contributed by atoms with van der Waals surface area (Å²) < 4.78 is 62.5. The van der Waals surface area contributed by atoms with Gasteiger partial charge in [-0.25, -0.2) is 27.8 Å². The molecular weight excluding hydrogens is 526 g/mol. The van der Waals surface area contributed by atoms with Gasteiger partial charge in [-0.15, -0.1) is 0 Å². The number of anilines is 2. The van der Waals surface area contributed by atoms with Crippen LogP contribution in [0.3, 0.4) is 0 Å². The fourth-order valence-electron chi connectivity index (χ4n) is 4.21. The van der Waals surface area contributed by atoms with Crippen molar-refractivity contribution < 1.29 is 21.9 Å². The van der Waals surface area contributed by atoms with Crippen LogP contribution in [0.1, 0.15) is 46.5 Å². The molecule has 1 aromatic carbocycles. The minimum Gasteiger partial charge on any atom is -0.435 e. The first-order valence-corrected chi connectivity index (χ1v) is 14.6. The highest BCUT2D eigenvalue weighted by Crippen LogP contribution is 2.34. The number of nitrogens with zero attached hydrogens (tertiary/aromatic N) is 3. The van der Waals surface area contributed by atoms with Gasteiger partial charge < -0.3 is 15.4 Å². The maximum absolute atomic E-state index is 15.0. The van der Waals surface area contributed by atoms with E-state index < -0.39 is 33.1 Å². The van der Waals surface area contributed by atoms with Crippen LogP contribution < -0.4 is 20.1 Å². The summed E-state index contributed by atoms with van der Waals surface area (Å²) in [4.78, 5) is 13.0. The Balaban J connectivity index is 1.50. The summed E-state index contributed by atoms with van der Waals surface area (Å²) in [7, 11) is -3.86. The van der Waals surface area contributed by atoms with Crippen molar-refractivity contribution in [2.45, 2.75) is 52.5 Å². The Hall–Kier alpha value is -3.38. The highest BCUT2D eigenvalue weighted by Gasteiger charge is 2.22. The second-order valence-corrected chi connectivity index (χ2v) is 12.6. The molecule has 210 valence electrons. The van der Waals surface area contributed by atoms with E-state index in [4.69, 9.17) is 4.74 Å². The van der Waals surface area contributed by atoms with Gasteiger partial charge in [-0.05, 0) is 68.0 Å². The average Bonchev–Trinajstić information content (AvgIpc) is 2.88. The lowest BCUT2D eigenvalue weighted by molar-refractivity contribution is 0.373. The average molecular weight is 561 g/mol. The van der Waals surface area contributed by atoms with E-state index in [9.17, 15) is 17.2 Å². The Morgan fingerprint density at radius 2 is 1.92 bits per heavy atom. The van der Waals surface area contributed by atoms with Gasteiger partial charge >= 0.3 is 0 Å². The molecule has 0 saturated carbocycles. The fraction of sp³-hybridized carbons (Fsp3) is 0.444. The minimum atomic E-state index is -3.86. The molecule has 2 aromatic heterocycles. The molecule has 1 aliphatic rings. The Bertz CT molecular complexity index is 1390. The summed E-state index contributed by atoms with van der Waals surface area (Å²) in [5.74, 6) is -2.89. The number of benzene rings is 1. The van der Waals surface area contributed by atoms with Gasteiger partial charge in [-0.1, -0.05) is 20.8 Å². The van der Waals surface area contributed by atoms with Crippen LogP contribution in [0.5, 0.6) is 11.6 Å². The largest absolute Gasteiger partial charge is 0.435 e. The number of halogens is 2. The Kier molecular flexibility index (Phi) is 8.96. The smallest absolute Gasteiger partial charge is 0.232 e. The molecular formula is C27H34F2N6O3S. The van der Waals surface area contributed by atoms with E-state index in [1.165, 1.54) is 6.20 Å². The lowest BCUT2D eigenvalue weighted by atomic mass is 9.91. The van der Waals surface area contributed by atoms with Gasteiger partial charge in [-0.2, -0.15) is 4.39 Å². The van der Waals surface area contributed by atoms with E-state index in [-0.39, 0.29) is 23.1 Å². The maximum atomic E-state index is 15.0. The van der Waals surface area contributed by atoms with Gasteiger partial charge in [0.2, 0.25) is 27.7 Å². The summed E-state index contributed by atoms with van der Waals surface area (Å²) in [5.41, 5.74) is 0.418. The topological polar surface area (TPSA) is 118 Å². The van der Waals surface area contributed by atoms with Crippen LogP contribution in [0.25, 0.3) is 11.3 Å². The van der Waals surface area contributed by atoms with Crippen LogP contribution in [0, 0.1) is 17.0 Å². The van der Waals surface area contributed by atoms with Crippen molar-refractivity contribution in [1.29, 1.82) is 0 Å².